The lowest BCUT2D eigenvalue weighted by Crippen LogP contribution is -2.11. The van der Waals surface area contributed by atoms with Crippen molar-refractivity contribution in [2.24, 2.45) is 5.92 Å². The molecule has 0 N–H and O–H groups in total. The van der Waals surface area contributed by atoms with E-state index in [1.807, 2.05) is 0 Å². The summed E-state index contributed by atoms with van der Waals surface area (Å²) in [4.78, 5) is 0. The van der Waals surface area contributed by atoms with Crippen LogP contribution in [-0.2, 0) is 0 Å². The Morgan fingerprint density at radius 3 is 2.75 bits per heavy atom. The van der Waals surface area contributed by atoms with Gasteiger partial charge in [0.25, 0.3) is 0 Å². The van der Waals surface area contributed by atoms with Crippen molar-refractivity contribution in [1.82, 2.24) is 0 Å². The van der Waals surface area contributed by atoms with Gasteiger partial charge in [0.15, 0.2) is 0 Å². The van der Waals surface area contributed by atoms with Crippen molar-refractivity contribution in [1.29, 1.82) is 0 Å². The molecule has 0 heterocycles. The summed E-state index contributed by atoms with van der Waals surface area (Å²) in [5, 5.41) is 0. The second-order valence-electron chi connectivity index (χ2n) is 2.40. The molecule has 1 fully saturated rings. The number of hydrogen-bond donors (Lipinski definition) is 0. The van der Waals surface area contributed by atoms with Crippen molar-refractivity contribution < 1.29 is 0 Å². The largest absolute Gasteiger partial charge is 0.127 e. The minimum absolute atomic E-state index is 0.838. The minimum atomic E-state index is 0.838. The van der Waals surface area contributed by atoms with Gasteiger partial charge in [-0.15, -0.1) is 11.6 Å². The smallest absolute Gasteiger partial charge is 0.0223 e. The van der Waals surface area contributed by atoms with Gasteiger partial charge < -0.3 is 0 Å². The molecule has 0 amide bonds. The molecule has 47 valence electrons. The van der Waals surface area contributed by atoms with Crippen LogP contribution in [0.3, 0.4) is 0 Å². The van der Waals surface area contributed by atoms with Crippen LogP contribution in [0, 0.1) is 12.3 Å². The molecule has 1 radical (unpaired) electrons. The molecule has 1 aliphatic carbocycles. The van der Waals surface area contributed by atoms with Crippen molar-refractivity contribution in [3.05, 3.63) is 6.42 Å². The Bertz CT molecular complexity index is 57.4. The van der Waals surface area contributed by atoms with Crippen LogP contribution in [0.25, 0.3) is 0 Å². The van der Waals surface area contributed by atoms with Gasteiger partial charge in [-0.2, -0.15) is 0 Å². The summed E-state index contributed by atoms with van der Waals surface area (Å²) < 4.78 is 0. The predicted molar refractivity (Wildman–Crippen MR) is 37.0 cm³/mol. The first-order chi connectivity index (χ1) is 3.93. The van der Waals surface area contributed by atoms with Gasteiger partial charge in [-0.3, -0.25) is 0 Å². The fourth-order valence-electron chi connectivity index (χ4n) is 1.00. The molecule has 0 nitrogen and oxygen atoms in total. The molecule has 0 bridgehead atoms. The molecule has 0 aromatic carbocycles. The van der Waals surface area contributed by atoms with Crippen molar-refractivity contribution in [3.8, 4) is 0 Å². The zero-order valence-corrected chi connectivity index (χ0v) is 5.82. The van der Waals surface area contributed by atoms with E-state index in [0.29, 0.717) is 0 Å². The number of halogens is 1. The molecule has 0 aromatic rings. The van der Waals surface area contributed by atoms with Gasteiger partial charge in [0.2, 0.25) is 0 Å². The monoisotopic (exact) mass is 131 g/mol. The van der Waals surface area contributed by atoms with E-state index in [1.54, 1.807) is 0 Å². The molecular formula is C7H12Cl. The first kappa shape index (κ1) is 6.41. The highest BCUT2D eigenvalue weighted by Gasteiger charge is 2.16. The van der Waals surface area contributed by atoms with Crippen molar-refractivity contribution in [2.45, 2.75) is 25.7 Å². The molecular weight excluding hydrogens is 120 g/mol. The Morgan fingerprint density at radius 2 is 2.38 bits per heavy atom. The SMILES string of the molecule is ClCCCC1[CH]CC1. The summed E-state index contributed by atoms with van der Waals surface area (Å²) in [5.41, 5.74) is 0. The third-order valence-corrected chi connectivity index (χ3v) is 2.01. The summed E-state index contributed by atoms with van der Waals surface area (Å²) in [6.07, 6.45) is 7.67. The van der Waals surface area contributed by atoms with Crippen LogP contribution in [0.5, 0.6) is 0 Å². The lowest BCUT2D eigenvalue weighted by molar-refractivity contribution is 0.401. The molecule has 0 aromatic heterocycles. The average Bonchev–Trinajstić information content (AvgIpc) is 1.63. The van der Waals surface area contributed by atoms with Crippen LogP contribution >= 0.6 is 11.6 Å². The Kier molecular flexibility index (Phi) is 2.68. The standard InChI is InChI=1S/C7H12Cl/c8-6-2-5-7-3-1-4-7/h3,7H,1-2,4-6H2. The predicted octanol–water partition coefficient (Wildman–Crippen LogP) is 2.62. The number of hydrogen-bond acceptors (Lipinski definition) is 0. The molecule has 1 saturated carbocycles. The van der Waals surface area contributed by atoms with Crippen molar-refractivity contribution in [2.75, 3.05) is 5.88 Å². The summed E-state index contributed by atoms with van der Waals surface area (Å²) in [5.74, 6) is 1.76. The molecule has 0 spiro atoms. The van der Waals surface area contributed by atoms with Gasteiger partial charge >= 0.3 is 0 Å². The Labute approximate surface area is 56.2 Å². The second kappa shape index (κ2) is 3.34. The molecule has 1 unspecified atom stereocenters. The highest BCUT2D eigenvalue weighted by atomic mass is 35.5. The lowest BCUT2D eigenvalue weighted by Gasteiger charge is -2.24. The van der Waals surface area contributed by atoms with Crippen LogP contribution in [0.1, 0.15) is 25.7 Å². The summed E-state index contributed by atoms with van der Waals surface area (Å²) in [6, 6.07) is 0. The van der Waals surface area contributed by atoms with Gasteiger partial charge in [0, 0.05) is 5.88 Å². The number of alkyl halides is 1. The normalized spacial score (nSPS) is 20.6. The maximum Gasteiger partial charge on any atom is 0.0223 e. The Hall–Kier alpha value is 0.290. The van der Waals surface area contributed by atoms with Crippen LogP contribution in [0.15, 0.2) is 0 Å². The van der Waals surface area contributed by atoms with Crippen LogP contribution in [-0.4, -0.2) is 5.88 Å². The van der Waals surface area contributed by atoms with E-state index >= 15 is 0 Å². The third-order valence-electron chi connectivity index (χ3n) is 1.75. The quantitative estimate of drug-likeness (QED) is 0.517. The van der Waals surface area contributed by atoms with Gasteiger partial charge in [-0.25, -0.2) is 0 Å². The molecule has 1 aliphatic rings. The van der Waals surface area contributed by atoms with Crippen molar-refractivity contribution >= 4 is 11.6 Å². The van der Waals surface area contributed by atoms with E-state index in [4.69, 9.17) is 11.6 Å². The molecule has 0 saturated heterocycles. The first-order valence-electron chi connectivity index (χ1n) is 3.33. The average molecular weight is 132 g/mol. The fourth-order valence-corrected chi connectivity index (χ4v) is 1.16. The van der Waals surface area contributed by atoms with Crippen LogP contribution < -0.4 is 0 Å². The third kappa shape index (κ3) is 1.66. The Morgan fingerprint density at radius 1 is 1.62 bits per heavy atom. The molecule has 1 atom stereocenters. The van der Waals surface area contributed by atoms with Crippen LogP contribution in [0.4, 0.5) is 0 Å². The molecule has 1 heteroatoms. The van der Waals surface area contributed by atoms with Gasteiger partial charge in [0.1, 0.15) is 0 Å². The fraction of sp³-hybridized carbons (Fsp3) is 0.857. The zero-order chi connectivity index (χ0) is 5.82. The maximum absolute atomic E-state index is 5.51. The number of rotatable bonds is 3. The van der Waals surface area contributed by atoms with E-state index < -0.39 is 0 Å². The van der Waals surface area contributed by atoms with Crippen molar-refractivity contribution in [3.63, 3.8) is 0 Å². The minimum Gasteiger partial charge on any atom is -0.127 e. The first-order valence-corrected chi connectivity index (χ1v) is 3.86. The van der Waals surface area contributed by atoms with E-state index in [0.717, 1.165) is 11.8 Å². The molecule has 1 rings (SSSR count). The van der Waals surface area contributed by atoms with E-state index in [2.05, 4.69) is 6.42 Å². The summed E-state index contributed by atoms with van der Waals surface area (Å²) in [7, 11) is 0. The second-order valence-corrected chi connectivity index (χ2v) is 2.78. The van der Waals surface area contributed by atoms with Crippen LogP contribution in [0.2, 0.25) is 0 Å². The van der Waals surface area contributed by atoms with E-state index in [1.165, 1.54) is 25.7 Å². The van der Waals surface area contributed by atoms with E-state index in [-0.39, 0.29) is 0 Å². The highest BCUT2D eigenvalue weighted by molar-refractivity contribution is 6.17. The topological polar surface area (TPSA) is 0 Å². The van der Waals surface area contributed by atoms with Gasteiger partial charge in [-0.1, -0.05) is 0 Å². The van der Waals surface area contributed by atoms with Gasteiger partial charge in [-0.05, 0) is 38.0 Å². The Balaban J connectivity index is 1.86. The lowest BCUT2D eigenvalue weighted by atomic mass is 9.82. The van der Waals surface area contributed by atoms with Gasteiger partial charge in [0.05, 0.1) is 0 Å². The summed E-state index contributed by atoms with van der Waals surface area (Å²) in [6.45, 7) is 0. The zero-order valence-electron chi connectivity index (χ0n) is 5.07. The van der Waals surface area contributed by atoms with E-state index in [9.17, 15) is 0 Å². The highest BCUT2D eigenvalue weighted by Crippen LogP contribution is 2.29. The molecule has 0 aliphatic heterocycles. The molecule has 8 heavy (non-hydrogen) atoms. The summed E-state index contributed by atoms with van der Waals surface area (Å²) >= 11 is 5.51. The maximum atomic E-state index is 5.51.